The quantitative estimate of drug-likeness (QED) is 0.615. The number of benzene rings is 2. The summed E-state index contributed by atoms with van der Waals surface area (Å²) in [4.78, 5) is 6.86. The number of nitrogens with zero attached hydrogens (tertiary/aromatic N) is 2. The Morgan fingerprint density at radius 1 is 1.07 bits per heavy atom. The summed E-state index contributed by atoms with van der Waals surface area (Å²) in [6.07, 6.45) is 1.98. The van der Waals surface area contributed by atoms with Crippen LogP contribution in [-0.4, -0.2) is 51.8 Å². The molecule has 28 heavy (non-hydrogen) atoms. The first-order chi connectivity index (χ1) is 13.6. The zero-order chi connectivity index (χ0) is 19.8. The Morgan fingerprint density at radius 2 is 1.75 bits per heavy atom. The van der Waals surface area contributed by atoms with Gasteiger partial charge in [0.1, 0.15) is 5.75 Å². The molecule has 1 N–H and O–H groups in total. The van der Waals surface area contributed by atoms with Gasteiger partial charge in [0.2, 0.25) is 0 Å². The molecule has 1 heterocycles. The molecular formula is C23H31N3O2. The van der Waals surface area contributed by atoms with E-state index in [0.29, 0.717) is 6.54 Å². The van der Waals surface area contributed by atoms with E-state index >= 15 is 0 Å². The average Bonchev–Trinajstić information content (AvgIpc) is 2.75. The number of hydrogen-bond acceptors (Lipinski definition) is 3. The molecular weight excluding hydrogens is 350 g/mol. The van der Waals surface area contributed by atoms with Crippen molar-refractivity contribution in [3.05, 3.63) is 65.7 Å². The van der Waals surface area contributed by atoms with Crippen molar-refractivity contribution in [3.8, 4) is 5.75 Å². The van der Waals surface area contributed by atoms with Crippen LogP contribution < -0.4 is 10.1 Å². The van der Waals surface area contributed by atoms with Gasteiger partial charge in [-0.25, -0.2) is 4.99 Å². The second-order valence-electron chi connectivity index (χ2n) is 7.49. The third-order valence-corrected chi connectivity index (χ3v) is 5.42. The molecule has 3 rings (SSSR count). The van der Waals surface area contributed by atoms with Crippen LogP contribution in [0.25, 0.3) is 0 Å². The van der Waals surface area contributed by atoms with Crippen molar-refractivity contribution in [2.75, 3.05) is 41.0 Å². The van der Waals surface area contributed by atoms with Gasteiger partial charge in [-0.1, -0.05) is 42.5 Å². The number of rotatable bonds is 6. The third-order valence-electron chi connectivity index (χ3n) is 5.42. The molecule has 0 atom stereocenters. The van der Waals surface area contributed by atoms with Gasteiger partial charge in [0.15, 0.2) is 5.96 Å². The molecule has 1 fully saturated rings. The minimum atomic E-state index is 0.0358. The summed E-state index contributed by atoms with van der Waals surface area (Å²) in [5, 5.41) is 3.62. The van der Waals surface area contributed by atoms with Crippen molar-refractivity contribution in [2.45, 2.75) is 24.8 Å². The maximum atomic E-state index is 5.66. The monoisotopic (exact) mass is 381 g/mol. The number of hydrogen-bond donors (Lipinski definition) is 1. The van der Waals surface area contributed by atoms with Crippen LogP contribution in [0.5, 0.6) is 5.75 Å². The summed E-state index contributed by atoms with van der Waals surface area (Å²) >= 11 is 0. The minimum Gasteiger partial charge on any atom is -0.497 e. The lowest BCUT2D eigenvalue weighted by Crippen LogP contribution is -2.47. The molecule has 2 aromatic rings. The Balaban J connectivity index is 1.75. The molecule has 5 heteroatoms. The van der Waals surface area contributed by atoms with Crippen LogP contribution in [0.15, 0.2) is 59.6 Å². The molecule has 1 aliphatic rings. The number of aliphatic imine (C=N–C) groups is 1. The number of guanidine groups is 1. The van der Waals surface area contributed by atoms with Crippen molar-refractivity contribution in [1.82, 2.24) is 10.2 Å². The molecule has 0 spiro atoms. The normalized spacial score (nSPS) is 16.5. The lowest BCUT2D eigenvalue weighted by molar-refractivity contribution is 0.0512. The van der Waals surface area contributed by atoms with E-state index in [4.69, 9.17) is 14.5 Å². The topological polar surface area (TPSA) is 46.1 Å². The largest absolute Gasteiger partial charge is 0.497 e. The lowest BCUT2D eigenvalue weighted by Gasteiger charge is -2.38. The van der Waals surface area contributed by atoms with Crippen molar-refractivity contribution < 1.29 is 9.47 Å². The summed E-state index contributed by atoms with van der Waals surface area (Å²) in [7, 11) is 5.76. The van der Waals surface area contributed by atoms with Crippen molar-refractivity contribution in [2.24, 2.45) is 4.99 Å². The predicted octanol–water partition coefficient (Wildman–Crippen LogP) is 3.45. The molecule has 0 saturated carbocycles. The molecule has 1 aliphatic heterocycles. The molecule has 0 radical (unpaired) electrons. The fraction of sp³-hybridized carbons (Fsp3) is 0.435. The Kier molecular flexibility index (Phi) is 6.93. The van der Waals surface area contributed by atoms with E-state index in [1.807, 2.05) is 49.3 Å². The summed E-state index contributed by atoms with van der Waals surface area (Å²) < 4.78 is 11.0. The highest BCUT2D eigenvalue weighted by atomic mass is 16.5. The van der Waals surface area contributed by atoms with E-state index in [0.717, 1.165) is 44.3 Å². The molecule has 1 saturated heterocycles. The maximum Gasteiger partial charge on any atom is 0.193 e. The molecule has 5 nitrogen and oxygen atoms in total. The highest BCUT2D eigenvalue weighted by molar-refractivity contribution is 5.79. The predicted molar refractivity (Wildman–Crippen MR) is 114 cm³/mol. The summed E-state index contributed by atoms with van der Waals surface area (Å²) in [5.41, 5.74) is 2.57. The second-order valence-corrected chi connectivity index (χ2v) is 7.49. The molecule has 0 aliphatic carbocycles. The zero-order valence-corrected chi connectivity index (χ0v) is 17.1. The molecule has 2 aromatic carbocycles. The summed E-state index contributed by atoms with van der Waals surface area (Å²) in [6, 6.07) is 18.8. The van der Waals surface area contributed by atoms with Gasteiger partial charge in [-0.3, -0.25) is 0 Å². The number of nitrogens with one attached hydrogen (secondary N) is 1. The van der Waals surface area contributed by atoms with Crippen LogP contribution in [0.2, 0.25) is 0 Å². The van der Waals surface area contributed by atoms with Crippen LogP contribution in [0, 0.1) is 0 Å². The Morgan fingerprint density at radius 3 is 2.36 bits per heavy atom. The Bertz CT molecular complexity index is 751. The van der Waals surface area contributed by atoms with Gasteiger partial charge in [0.05, 0.1) is 13.7 Å². The first-order valence-electron chi connectivity index (χ1n) is 9.85. The standard InChI is InChI=1S/C23H31N3O2/c1-26(2)22(24-17-19-7-5-4-6-8-19)25-18-23(13-15-28-16-14-23)20-9-11-21(27-3)12-10-20/h4-12H,13-18H2,1-3H3,(H,24,25). The van der Waals surface area contributed by atoms with Crippen LogP contribution >= 0.6 is 0 Å². The van der Waals surface area contributed by atoms with Gasteiger partial charge in [-0.15, -0.1) is 0 Å². The highest BCUT2D eigenvalue weighted by Gasteiger charge is 2.34. The minimum absolute atomic E-state index is 0.0358. The first-order valence-corrected chi connectivity index (χ1v) is 9.85. The fourth-order valence-electron chi connectivity index (χ4n) is 3.63. The van der Waals surface area contributed by atoms with Gasteiger partial charge in [-0.05, 0) is 36.1 Å². The van der Waals surface area contributed by atoms with Crippen molar-refractivity contribution in [1.29, 1.82) is 0 Å². The Hall–Kier alpha value is -2.53. The van der Waals surface area contributed by atoms with Gasteiger partial charge >= 0.3 is 0 Å². The van der Waals surface area contributed by atoms with Gasteiger partial charge < -0.3 is 19.7 Å². The van der Waals surface area contributed by atoms with Gasteiger partial charge in [-0.2, -0.15) is 0 Å². The van der Waals surface area contributed by atoms with Crippen molar-refractivity contribution >= 4 is 5.96 Å². The molecule has 0 bridgehead atoms. The third kappa shape index (κ3) is 5.04. The van der Waals surface area contributed by atoms with Gasteiger partial charge in [0, 0.05) is 39.3 Å². The molecule has 150 valence electrons. The van der Waals surface area contributed by atoms with Crippen LogP contribution in [0.1, 0.15) is 24.0 Å². The van der Waals surface area contributed by atoms with Crippen molar-refractivity contribution in [3.63, 3.8) is 0 Å². The smallest absolute Gasteiger partial charge is 0.193 e. The van der Waals surface area contributed by atoms with Gasteiger partial charge in [0.25, 0.3) is 0 Å². The van der Waals surface area contributed by atoms with E-state index in [1.54, 1.807) is 7.11 Å². The summed E-state index contributed by atoms with van der Waals surface area (Å²) in [6.45, 7) is 3.06. The second kappa shape index (κ2) is 9.60. The number of ether oxygens (including phenoxy) is 2. The summed E-state index contributed by atoms with van der Waals surface area (Å²) in [5.74, 6) is 1.79. The van der Waals surface area contributed by atoms with E-state index in [9.17, 15) is 0 Å². The van der Waals surface area contributed by atoms with Crippen LogP contribution in [0.4, 0.5) is 0 Å². The van der Waals surface area contributed by atoms with E-state index in [-0.39, 0.29) is 5.41 Å². The van der Waals surface area contributed by atoms with E-state index in [1.165, 1.54) is 11.1 Å². The average molecular weight is 382 g/mol. The van der Waals surface area contributed by atoms with Crippen LogP contribution in [0.3, 0.4) is 0 Å². The molecule has 0 aromatic heterocycles. The molecule has 0 unspecified atom stereocenters. The maximum absolute atomic E-state index is 5.66. The fourth-order valence-corrected chi connectivity index (χ4v) is 3.63. The lowest BCUT2D eigenvalue weighted by atomic mass is 9.74. The molecule has 0 amide bonds. The van der Waals surface area contributed by atoms with E-state index in [2.05, 4.69) is 29.6 Å². The van der Waals surface area contributed by atoms with Crippen LogP contribution in [-0.2, 0) is 16.7 Å². The number of methoxy groups -OCH3 is 1. The SMILES string of the molecule is COc1ccc(C2(CNC(=NCc3ccccc3)N(C)C)CCOCC2)cc1. The van der Waals surface area contributed by atoms with E-state index < -0.39 is 0 Å². The highest BCUT2D eigenvalue weighted by Crippen LogP contribution is 2.35. The first kappa shape index (κ1) is 20.2. The Labute approximate surface area is 168 Å². The zero-order valence-electron chi connectivity index (χ0n) is 17.1.